The summed E-state index contributed by atoms with van der Waals surface area (Å²) >= 11 is 0. The van der Waals surface area contributed by atoms with E-state index in [4.69, 9.17) is 0 Å². The number of nitrogens with zero attached hydrogens (tertiary/aromatic N) is 3. The van der Waals surface area contributed by atoms with Gasteiger partial charge in [0.1, 0.15) is 0 Å². The summed E-state index contributed by atoms with van der Waals surface area (Å²) < 4.78 is 0. The van der Waals surface area contributed by atoms with Gasteiger partial charge in [0.15, 0.2) is 0 Å². The van der Waals surface area contributed by atoms with Crippen molar-refractivity contribution < 1.29 is 0 Å². The number of rotatable bonds is 3. The predicted octanol–water partition coefficient (Wildman–Crippen LogP) is 4.15. The maximum Gasteiger partial charge on any atom is 0.0415 e. The minimum absolute atomic E-state index is 0.234. The largest absolute Gasteiger partial charge is 0.370 e. The predicted molar refractivity (Wildman–Crippen MR) is 104 cm³/mol. The first kappa shape index (κ1) is 17.8. The van der Waals surface area contributed by atoms with Crippen molar-refractivity contribution >= 4 is 5.69 Å². The van der Waals surface area contributed by atoms with Crippen molar-refractivity contribution in [3.05, 3.63) is 29.8 Å². The van der Waals surface area contributed by atoms with Crippen molar-refractivity contribution in [2.45, 2.75) is 64.1 Å². The van der Waals surface area contributed by atoms with E-state index < -0.39 is 0 Å². The van der Waals surface area contributed by atoms with E-state index in [2.05, 4.69) is 73.8 Å². The van der Waals surface area contributed by atoms with Gasteiger partial charge in [-0.25, -0.2) is 0 Å². The van der Waals surface area contributed by atoms with Crippen LogP contribution < -0.4 is 4.90 Å². The van der Waals surface area contributed by atoms with E-state index in [9.17, 15) is 0 Å². The van der Waals surface area contributed by atoms with Crippen LogP contribution in [0.5, 0.6) is 0 Å². The number of para-hydroxylation sites is 1. The summed E-state index contributed by atoms with van der Waals surface area (Å²) in [4.78, 5) is 7.74. The molecule has 0 aliphatic carbocycles. The fourth-order valence-corrected chi connectivity index (χ4v) is 4.64. The Labute approximate surface area is 148 Å². The monoisotopic (exact) mass is 329 g/mol. The van der Waals surface area contributed by atoms with E-state index in [1.54, 1.807) is 0 Å². The first-order valence-corrected chi connectivity index (χ1v) is 9.65. The van der Waals surface area contributed by atoms with Crippen LogP contribution in [0.25, 0.3) is 0 Å². The summed E-state index contributed by atoms with van der Waals surface area (Å²) in [6.07, 6.45) is 5.22. The van der Waals surface area contributed by atoms with Crippen LogP contribution in [0.4, 0.5) is 5.69 Å². The lowest BCUT2D eigenvalue weighted by Gasteiger charge is -2.41. The summed E-state index contributed by atoms with van der Waals surface area (Å²) in [5.41, 5.74) is 3.21. The summed E-state index contributed by atoms with van der Waals surface area (Å²) in [7, 11) is 4.56. The molecule has 1 aromatic rings. The molecule has 24 heavy (non-hydrogen) atoms. The number of hydrogen-bond acceptors (Lipinski definition) is 3. The van der Waals surface area contributed by atoms with Crippen molar-refractivity contribution in [1.82, 2.24) is 9.80 Å². The van der Waals surface area contributed by atoms with E-state index in [0.717, 1.165) is 0 Å². The molecule has 2 fully saturated rings. The van der Waals surface area contributed by atoms with Gasteiger partial charge >= 0.3 is 0 Å². The number of benzene rings is 1. The highest BCUT2D eigenvalue weighted by molar-refractivity contribution is 5.55. The molecular weight excluding hydrogens is 294 g/mol. The van der Waals surface area contributed by atoms with Gasteiger partial charge in [0.2, 0.25) is 0 Å². The summed E-state index contributed by atoms with van der Waals surface area (Å²) in [6, 6.07) is 10.3. The molecule has 2 atom stereocenters. The Morgan fingerprint density at radius 2 is 1.75 bits per heavy atom. The zero-order chi connectivity index (χ0) is 17.3. The van der Waals surface area contributed by atoms with E-state index in [-0.39, 0.29) is 5.54 Å². The zero-order valence-electron chi connectivity index (χ0n) is 16.3. The third-order valence-electron chi connectivity index (χ3n) is 5.94. The summed E-state index contributed by atoms with van der Waals surface area (Å²) in [6.45, 7) is 10.7. The van der Waals surface area contributed by atoms with Crippen LogP contribution in [-0.2, 0) is 0 Å². The second-order valence-corrected chi connectivity index (χ2v) is 8.75. The maximum absolute atomic E-state index is 2.70. The third-order valence-corrected chi connectivity index (χ3v) is 5.94. The summed E-state index contributed by atoms with van der Waals surface area (Å²) in [5, 5.41) is 0. The van der Waals surface area contributed by atoms with Gasteiger partial charge in [-0.3, -0.25) is 4.90 Å². The second-order valence-electron chi connectivity index (χ2n) is 8.75. The SMILES string of the molecule is CN1CCCC(N(C)c2ccccc2[C@H]2CCCN2C(C)(C)C)C1. The van der Waals surface area contributed by atoms with Gasteiger partial charge in [0.05, 0.1) is 0 Å². The molecule has 0 spiro atoms. The van der Waals surface area contributed by atoms with Crippen LogP contribution >= 0.6 is 0 Å². The highest BCUT2D eigenvalue weighted by atomic mass is 15.2. The minimum Gasteiger partial charge on any atom is -0.370 e. The highest BCUT2D eigenvalue weighted by Gasteiger charge is 2.35. The van der Waals surface area contributed by atoms with E-state index in [0.29, 0.717) is 12.1 Å². The Hall–Kier alpha value is -1.06. The molecule has 0 radical (unpaired) electrons. The lowest BCUT2D eigenvalue weighted by molar-refractivity contribution is 0.122. The first-order valence-electron chi connectivity index (χ1n) is 9.65. The summed E-state index contributed by atoms with van der Waals surface area (Å²) in [5.74, 6) is 0. The number of anilines is 1. The molecule has 3 nitrogen and oxygen atoms in total. The average molecular weight is 330 g/mol. The number of hydrogen-bond donors (Lipinski definition) is 0. The van der Waals surface area contributed by atoms with E-state index >= 15 is 0 Å². The molecular formula is C21H35N3. The van der Waals surface area contributed by atoms with Crippen molar-refractivity contribution in [3.8, 4) is 0 Å². The molecule has 3 heteroatoms. The topological polar surface area (TPSA) is 9.72 Å². The number of likely N-dealkylation sites (tertiary alicyclic amines) is 2. The highest BCUT2D eigenvalue weighted by Crippen LogP contribution is 2.41. The Bertz CT molecular complexity index is 548. The Kier molecular flexibility index (Phi) is 5.22. The van der Waals surface area contributed by atoms with Gasteiger partial charge in [-0.05, 0) is 78.2 Å². The van der Waals surface area contributed by atoms with Gasteiger partial charge in [-0.2, -0.15) is 0 Å². The Balaban J connectivity index is 1.87. The van der Waals surface area contributed by atoms with Gasteiger partial charge < -0.3 is 9.80 Å². The molecule has 2 saturated heterocycles. The van der Waals surface area contributed by atoms with Gasteiger partial charge in [0.25, 0.3) is 0 Å². The van der Waals surface area contributed by atoms with Crippen molar-refractivity contribution in [2.75, 3.05) is 38.6 Å². The number of piperidine rings is 1. The van der Waals surface area contributed by atoms with Gasteiger partial charge in [-0.1, -0.05) is 18.2 Å². The first-order chi connectivity index (χ1) is 11.4. The normalized spacial score (nSPS) is 26.7. The molecule has 0 bridgehead atoms. The standard InChI is InChI=1S/C21H35N3/c1-21(2,3)24-15-9-13-20(24)18-11-6-7-12-19(18)23(5)17-10-8-14-22(4)16-17/h6-7,11-12,17,20H,8-10,13-16H2,1-5H3/t17?,20-/m1/s1. The van der Waals surface area contributed by atoms with Crippen LogP contribution in [0.2, 0.25) is 0 Å². The molecule has 0 N–H and O–H groups in total. The zero-order valence-corrected chi connectivity index (χ0v) is 16.3. The molecule has 2 aliphatic rings. The molecule has 0 amide bonds. The third kappa shape index (κ3) is 3.62. The van der Waals surface area contributed by atoms with Crippen LogP contribution in [-0.4, -0.2) is 55.1 Å². The molecule has 2 aliphatic heterocycles. The minimum atomic E-state index is 0.234. The van der Waals surface area contributed by atoms with E-state index in [1.807, 2.05) is 0 Å². The molecule has 0 saturated carbocycles. The van der Waals surface area contributed by atoms with Crippen molar-refractivity contribution in [3.63, 3.8) is 0 Å². The molecule has 1 unspecified atom stereocenters. The second kappa shape index (κ2) is 7.05. The fraction of sp³-hybridized carbons (Fsp3) is 0.714. The molecule has 1 aromatic carbocycles. The van der Waals surface area contributed by atoms with Crippen molar-refractivity contribution in [1.29, 1.82) is 0 Å². The van der Waals surface area contributed by atoms with E-state index in [1.165, 1.54) is 56.6 Å². The molecule has 2 heterocycles. The molecule has 3 rings (SSSR count). The Morgan fingerprint density at radius 1 is 1.04 bits per heavy atom. The molecule has 0 aromatic heterocycles. The Morgan fingerprint density at radius 3 is 2.46 bits per heavy atom. The average Bonchev–Trinajstić information content (AvgIpc) is 3.04. The van der Waals surface area contributed by atoms with Crippen LogP contribution in [0.15, 0.2) is 24.3 Å². The van der Waals surface area contributed by atoms with Crippen LogP contribution in [0.1, 0.15) is 58.1 Å². The number of likely N-dealkylation sites (N-methyl/N-ethyl adjacent to an activating group) is 2. The smallest absolute Gasteiger partial charge is 0.0415 e. The molecule has 134 valence electrons. The quantitative estimate of drug-likeness (QED) is 0.825. The van der Waals surface area contributed by atoms with Crippen LogP contribution in [0.3, 0.4) is 0 Å². The fourth-order valence-electron chi connectivity index (χ4n) is 4.64. The van der Waals surface area contributed by atoms with Crippen LogP contribution in [0, 0.1) is 0 Å². The maximum atomic E-state index is 2.70. The lowest BCUT2D eigenvalue weighted by atomic mass is 9.96. The van der Waals surface area contributed by atoms with Crippen molar-refractivity contribution in [2.24, 2.45) is 0 Å². The lowest BCUT2D eigenvalue weighted by Crippen LogP contribution is -2.46. The van der Waals surface area contributed by atoms with Gasteiger partial charge in [0, 0.05) is 36.9 Å². The van der Waals surface area contributed by atoms with Gasteiger partial charge in [-0.15, -0.1) is 0 Å².